The minimum Gasteiger partial charge on any atom is -0.444 e. The summed E-state index contributed by atoms with van der Waals surface area (Å²) in [7, 11) is 0. The predicted molar refractivity (Wildman–Crippen MR) is 85.1 cm³/mol. The first-order valence-electron chi connectivity index (χ1n) is 7.67. The van der Waals surface area contributed by atoms with Gasteiger partial charge in [-0.3, -0.25) is 4.79 Å². The standard InChI is InChI=1S/C17H18N2O2S/c20-17(19-14-10-11-6-7-13(14)18-11)15-8-9-16(21-15)22-12-4-2-1-3-5-12/h1-5,8-9,11,13-14,18H,6-7,10H2,(H,19,20)/t11-,13+,14-/m1/s1. The van der Waals surface area contributed by atoms with E-state index in [4.69, 9.17) is 4.42 Å². The smallest absolute Gasteiger partial charge is 0.287 e. The molecule has 2 N–H and O–H groups in total. The number of nitrogens with one attached hydrogen (secondary N) is 2. The number of carbonyl (C=O) groups excluding carboxylic acids is 1. The van der Waals surface area contributed by atoms with Crippen LogP contribution in [0.4, 0.5) is 0 Å². The Morgan fingerprint density at radius 1 is 1.18 bits per heavy atom. The molecule has 0 aliphatic carbocycles. The Hall–Kier alpha value is -1.72. The number of fused-ring (bicyclic) bond motifs is 2. The van der Waals surface area contributed by atoms with Crippen molar-refractivity contribution in [1.82, 2.24) is 10.6 Å². The highest BCUT2D eigenvalue weighted by atomic mass is 32.2. The van der Waals surface area contributed by atoms with Gasteiger partial charge in [0.2, 0.25) is 0 Å². The molecular weight excluding hydrogens is 296 g/mol. The van der Waals surface area contributed by atoms with Crippen molar-refractivity contribution in [2.45, 2.75) is 47.4 Å². The maximum atomic E-state index is 12.3. The van der Waals surface area contributed by atoms with Crippen LogP contribution in [0, 0.1) is 0 Å². The lowest BCUT2D eigenvalue weighted by molar-refractivity contribution is 0.0897. The van der Waals surface area contributed by atoms with E-state index in [1.165, 1.54) is 18.2 Å². The van der Waals surface area contributed by atoms with Gasteiger partial charge in [0.15, 0.2) is 10.9 Å². The average molecular weight is 314 g/mol. The third kappa shape index (κ3) is 2.78. The van der Waals surface area contributed by atoms with Crippen LogP contribution in [0.5, 0.6) is 0 Å². The van der Waals surface area contributed by atoms with E-state index < -0.39 is 0 Å². The van der Waals surface area contributed by atoms with E-state index in [1.807, 2.05) is 36.4 Å². The van der Waals surface area contributed by atoms with Gasteiger partial charge in [0.05, 0.1) is 0 Å². The molecule has 5 heteroatoms. The molecule has 2 fully saturated rings. The van der Waals surface area contributed by atoms with E-state index >= 15 is 0 Å². The summed E-state index contributed by atoms with van der Waals surface area (Å²) in [6, 6.07) is 14.9. The van der Waals surface area contributed by atoms with Crippen molar-refractivity contribution in [3.05, 3.63) is 48.2 Å². The summed E-state index contributed by atoms with van der Waals surface area (Å²) < 4.78 is 5.67. The third-order valence-electron chi connectivity index (χ3n) is 4.38. The fourth-order valence-corrected chi connectivity index (χ4v) is 4.12. The first-order chi connectivity index (χ1) is 10.8. The lowest BCUT2D eigenvalue weighted by atomic mass is 9.95. The van der Waals surface area contributed by atoms with Crippen molar-refractivity contribution in [2.24, 2.45) is 0 Å². The van der Waals surface area contributed by atoms with Crippen LogP contribution < -0.4 is 10.6 Å². The normalized spacial score (nSPS) is 26.3. The summed E-state index contributed by atoms with van der Waals surface area (Å²) in [5.74, 6) is 0.278. The minimum atomic E-state index is -0.112. The van der Waals surface area contributed by atoms with Crippen LogP contribution >= 0.6 is 11.8 Å². The second-order valence-corrected chi connectivity index (χ2v) is 6.97. The van der Waals surface area contributed by atoms with Gasteiger partial charge in [0.1, 0.15) is 0 Å². The molecule has 2 aromatic rings. The predicted octanol–water partition coefficient (Wildman–Crippen LogP) is 3.05. The van der Waals surface area contributed by atoms with Crippen molar-refractivity contribution in [2.75, 3.05) is 0 Å². The Bertz CT molecular complexity index is 670. The largest absolute Gasteiger partial charge is 0.444 e. The van der Waals surface area contributed by atoms with E-state index in [0.29, 0.717) is 17.8 Å². The first-order valence-corrected chi connectivity index (χ1v) is 8.49. The Morgan fingerprint density at radius 3 is 2.77 bits per heavy atom. The number of hydrogen-bond acceptors (Lipinski definition) is 4. The maximum absolute atomic E-state index is 12.3. The van der Waals surface area contributed by atoms with Crippen molar-refractivity contribution >= 4 is 17.7 Å². The van der Waals surface area contributed by atoms with Crippen molar-refractivity contribution in [3.63, 3.8) is 0 Å². The number of hydrogen-bond donors (Lipinski definition) is 2. The molecule has 0 unspecified atom stereocenters. The van der Waals surface area contributed by atoms with Gasteiger partial charge in [-0.2, -0.15) is 0 Å². The highest BCUT2D eigenvalue weighted by molar-refractivity contribution is 7.99. The second kappa shape index (κ2) is 5.82. The van der Waals surface area contributed by atoms with Gasteiger partial charge in [-0.05, 0) is 43.5 Å². The zero-order valence-corrected chi connectivity index (χ0v) is 12.9. The molecule has 4 rings (SSSR count). The van der Waals surface area contributed by atoms with Gasteiger partial charge < -0.3 is 15.1 Å². The van der Waals surface area contributed by atoms with Crippen molar-refractivity contribution in [3.8, 4) is 0 Å². The van der Waals surface area contributed by atoms with Crippen LogP contribution in [-0.4, -0.2) is 24.0 Å². The average Bonchev–Trinajstić information content (AvgIpc) is 3.24. The number of benzene rings is 1. The number of furan rings is 1. The molecule has 0 saturated carbocycles. The molecule has 2 bridgehead atoms. The Morgan fingerprint density at radius 2 is 2.05 bits per heavy atom. The number of rotatable bonds is 4. The Balaban J connectivity index is 1.39. The van der Waals surface area contributed by atoms with E-state index in [1.54, 1.807) is 6.07 Å². The molecule has 3 atom stereocenters. The van der Waals surface area contributed by atoms with Gasteiger partial charge in [-0.1, -0.05) is 30.0 Å². The fourth-order valence-electron chi connectivity index (χ4n) is 3.32. The van der Waals surface area contributed by atoms with Crippen molar-refractivity contribution in [1.29, 1.82) is 0 Å². The molecule has 0 spiro atoms. The quantitative estimate of drug-likeness (QED) is 0.911. The molecular formula is C17H18N2O2S. The summed E-state index contributed by atoms with van der Waals surface area (Å²) in [4.78, 5) is 13.4. The van der Waals surface area contributed by atoms with E-state index in [0.717, 1.165) is 22.8 Å². The fraction of sp³-hybridized carbons (Fsp3) is 0.353. The highest BCUT2D eigenvalue weighted by Gasteiger charge is 2.39. The van der Waals surface area contributed by atoms with Gasteiger partial charge in [0.25, 0.3) is 5.91 Å². The van der Waals surface area contributed by atoms with E-state index in [9.17, 15) is 4.79 Å². The zero-order valence-electron chi connectivity index (χ0n) is 12.1. The van der Waals surface area contributed by atoms with Crippen LogP contribution in [0.25, 0.3) is 0 Å². The third-order valence-corrected chi connectivity index (χ3v) is 5.31. The van der Waals surface area contributed by atoms with E-state index in [-0.39, 0.29) is 11.9 Å². The second-order valence-electron chi connectivity index (χ2n) is 5.90. The molecule has 114 valence electrons. The summed E-state index contributed by atoms with van der Waals surface area (Å²) in [5, 5.41) is 7.36. The van der Waals surface area contributed by atoms with Crippen LogP contribution in [0.1, 0.15) is 29.8 Å². The highest BCUT2D eigenvalue weighted by Crippen LogP contribution is 2.30. The maximum Gasteiger partial charge on any atom is 0.287 e. The molecule has 2 aliphatic rings. The SMILES string of the molecule is O=C(N[C@@H]1C[C@H]2CC[C@@H]1N2)c1ccc(Sc2ccccc2)o1. The zero-order chi connectivity index (χ0) is 14.9. The summed E-state index contributed by atoms with van der Waals surface area (Å²) >= 11 is 1.52. The minimum absolute atomic E-state index is 0.112. The van der Waals surface area contributed by atoms with Gasteiger partial charge in [-0.25, -0.2) is 0 Å². The van der Waals surface area contributed by atoms with Gasteiger partial charge >= 0.3 is 0 Å². The Kier molecular flexibility index (Phi) is 3.68. The topological polar surface area (TPSA) is 54.3 Å². The molecule has 22 heavy (non-hydrogen) atoms. The van der Waals surface area contributed by atoms with Crippen LogP contribution in [0.2, 0.25) is 0 Å². The molecule has 1 aromatic carbocycles. The van der Waals surface area contributed by atoms with Crippen LogP contribution in [0.15, 0.2) is 56.9 Å². The molecule has 1 amide bonds. The van der Waals surface area contributed by atoms with Crippen LogP contribution in [0.3, 0.4) is 0 Å². The molecule has 1 aromatic heterocycles. The lowest BCUT2D eigenvalue weighted by Gasteiger charge is -2.20. The van der Waals surface area contributed by atoms with Gasteiger partial charge in [0, 0.05) is 23.0 Å². The van der Waals surface area contributed by atoms with E-state index in [2.05, 4.69) is 10.6 Å². The number of carbonyl (C=O) groups is 1. The summed E-state index contributed by atoms with van der Waals surface area (Å²) in [6.07, 6.45) is 3.42. The molecule has 4 nitrogen and oxygen atoms in total. The molecule has 3 heterocycles. The first kappa shape index (κ1) is 13.9. The Labute approximate surface area is 133 Å². The molecule has 0 radical (unpaired) electrons. The summed E-state index contributed by atoms with van der Waals surface area (Å²) in [5.41, 5.74) is 0. The van der Waals surface area contributed by atoms with Gasteiger partial charge in [-0.15, -0.1) is 0 Å². The lowest BCUT2D eigenvalue weighted by Crippen LogP contribution is -2.42. The monoisotopic (exact) mass is 314 g/mol. The summed E-state index contributed by atoms with van der Waals surface area (Å²) in [6.45, 7) is 0. The number of amides is 1. The van der Waals surface area contributed by atoms with Crippen molar-refractivity contribution < 1.29 is 9.21 Å². The van der Waals surface area contributed by atoms with Crippen LogP contribution in [-0.2, 0) is 0 Å². The molecule has 2 saturated heterocycles. The molecule has 2 aliphatic heterocycles.